The Morgan fingerprint density at radius 1 is 1.14 bits per heavy atom. The third-order valence-electron chi connectivity index (χ3n) is 5.45. The van der Waals surface area contributed by atoms with Crippen molar-refractivity contribution in [1.82, 2.24) is 24.7 Å². The van der Waals surface area contributed by atoms with E-state index in [1.54, 1.807) is 15.9 Å². The second-order valence-corrected chi connectivity index (χ2v) is 8.00. The van der Waals surface area contributed by atoms with Gasteiger partial charge in [0.25, 0.3) is 0 Å². The molecule has 1 amide bonds. The molecular formula is C19H22N6O2S. The molecule has 2 aliphatic heterocycles. The topological polar surface area (TPSA) is 75.9 Å². The minimum absolute atomic E-state index is 0.0154. The third-order valence-corrected chi connectivity index (χ3v) is 6.13. The summed E-state index contributed by atoms with van der Waals surface area (Å²) in [6.07, 6.45) is 1.92. The van der Waals surface area contributed by atoms with Gasteiger partial charge in [0.2, 0.25) is 5.91 Å². The van der Waals surface area contributed by atoms with Crippen LogP contribution >= 0.6 is 11.3 Å². The Kier molecular flexibility index (Phi) is 4.69. The molecule has 0 radical (unpaired) electrons. The fraction of sp³-hybridized carbons (Fsp3) is 0.474. The van der Waals surface area contributed by atoms with Crippen LogP contribution in [-0.4, -0.2) is 70.0 Å². The van der Waals surface area contributed by atoms with Crippen LogP contribution in [0.4, 0.5) is 5.82 Å². The van der Waals surface area contributed by atoms with Gasteiger partial charge in [0.1, 0.15) is 5.82 Å². The molecule has 146 valence electrons. The number of hydrogen-bond acceptors (Lipinski definition) is 7. The van der Waals surface area contributed by atoms with Crippen LogP contribution in [0.5, 0.6) is 0 Å². The van der Waals surface area contributed by atoms with Gasteiger partial charge in [0, 0.05) is 37.1 Å². The van der Waals surface area contributed by atoms with Crippen molar-refractivity contribution in [1.29, 1.82) is 0 Å². The lowest BCUT2D eigenvalue weighted by atomic mass is 9.96. The molecular weight excluding hydrogens is 376 g/mol. The minimum Gasteiger partial charge on any atom is -0.378 e. The van der Waals surface area contributed by atoms with Crippen LogP contribution < -0.4 is 4.90 Å². The van der Waals surface area contributed by atoms with Crippen molar-refractivity contribution in [2.24, 2.45) is 5.92 Å². The highest BCUT2D eigenvalue weighted by Gasteiger charge is 2.30. The Labute approximate surface area is 166 Å². The summed E-state index contributed by atoms with van der Waals surface area (Å²) < 4.78 is 7.17. The molecule has 0 aliphatic carbocycles. The molecule has 1 atom stereocenters. The maximum atomic E-state index is 12.9. The maximum absolute atomic E-state index is 12.9. The molecule has 0 bridgehead atoms. The summed E-state index contributed by atoms with van der Waals surface area (Å²) in [5.41, 5.74) is 1.74. The van der Waals surface area contributed by atoms with E-state index in [-0.39, 0.29) is 11.8 Å². The van der Waals surface area contributed by atoms with Gasteiger partial charge in [-0.05, 0) is 36.4 Å². The van der Waals surface area contributed by atoms with Crippen molar-refractivity contribution >= 4 is 28.7 Å². The van der Waals surface area contributed by atoms with Crippen LogP contribution in [0, 0.1) is 5.92 Å². The van der Waals surface area contributed by atoms with Crippen molar-refractivity contribution in [3.05, 3.63) is 29.0 Å². The summed E-state index contributed by atoms with van der Waals surface area (Å²) in [4.78, 5) is 17.1. The molecule has 28 heavy (non-hydrogen) atoms. The Hall–Kier alpha value is -2.52. The molecule has 0 saturated carbocycles. The van der Waals surface area contributed by atoms with E-state index in [2.05, 4.69) is 15.1 Å². The molecule has 5 rings (SSSR count). The summed E-state index contributed by atoms with van der Waals surface area (Å²) in [5.74, 6) is 1.87. The van der Waals surface area contributed by atoms with Crippen molar-refractivity contribution in [3.63, 3.8) is 0 Å². The van der Waals surface area contributed by atoms with Crippen molar-refractivity contribution in [2.75, 3.05) is 44.3 Å². The van der Waals surface area contributed by atoms with Gasteiger partial charge in [0.05, 0.1) is 19.1 Å². The van der Waals surface area contributed by atoms with E-state index in [1.807, 2.05) is 33.9 Å². The predicted octanol–water partition coefficient (Wildman–Crippen LogP) is 1.93. The highest BCUT2D eigenvalue weighted by molar-refractivity contribution is 7.08. The number of carbonyl (C=O) groups excluding carboxylic acids is 1. The molecule has 0 aromatic carbocycles. The van der Waals surface area contributed by atoms with E-state index in [9.17, 15) is 4.79 Å². The minimum atomic E-state index is 0.0154. The SMILES string of the molecule is O=C(C1CCCN(c2ccc3nnc(-c4ccsc4)n3n2)C1)N1CCOCC1. The standard InChI is InChI=1S/C19H22N6O2S/c26-19(23-7-9-27-10-8-23)14-2-1-6-24(12-14)17-4-3-16-20-21-18(25(16)22-17)15-5-11-28-13-15/h3-5,11,13-14H,1-2,6-10,12H2. The average Bonchev–Trinajstić information content (AvgIpc) is 3.43. The number of morpholine rings is 1. The molecule has 3 aromatic rings. The Morgan fingerprint density at radius 2 is 2.04 bits per heavy atom. The molecule has 2 saturated heterocycles. The van der Waals surface area contributed by atoms with Gasteiger partial charge in [0.15, 0.2) is 11.5 Å². The van der Waals surface area contributed by atoms with Crippen LogP contribution in [0.3, 0.4) is 0 Å². The first-order valence-corrected chi connectivity index (χ1v) is 10.6. The van der Waals surface area contributed by atoms with Gasteiger partial charge in [-0.25, -0.2) is 0 Å². The fourth-order valence-corrected chi connectivity index (χ4v) is 4.58. The summed E-state index contributed by atoms with van der Waals surface area (Å²) >= 11 is 1.63. The predicted molar refractivity (Wildman–Crippen MR) is 106 cm³/mol. The number of ether oxygens (including phenoxy) is 1. The van der Waals surface area contributed by atoms with Crippen molar-refractivity contribution in [2.45, 2.75) is 12.8 Å². The van der Waals surface area contributed by atoms with Gasteiger partial charge in [-0.2, -0.15) is 15.9 Å². The van der Waals surface area contributed by atoms with Crippen molar-refractivity contribution in [3.8, 4) is 11.4 Å². The van der Waals surface area contributed by atoms with Crippen LogP contribution in [0.2, 0.25) is 0 Å². The van der Waals surface area contributed by atoms with E-state index >= 15 is 0 Å². The summed E-state index contributed by atoms with van der Waals surface area (Å²) in [7, 11) is 0. The largest absolute Gasteiger partial charge is 0.378 e. The van der Waals surface area contributed by atoms with Crippen LogP contribution in [0.25, 0.3) is 17.0 Å². The third kappa shape index (κ3) is 3.24. The summed E-state index contributed by atoms with van der Waals surface area (Å²) in [5, 5.41) is 17.4. The lowest BCUT2D eigenvalue weighted by Gasteiger charge is -2.36. The number of amides is 1. The molecule has 0 spiro atoms. The van der Waals surface area contributed by atoms with Crippen molar-refractivity contribution < 1.29 is 9.53 Å². The second-order valence-electron chi connectivity index (χ2n) is 7.22. The molecule has 2 fully saturated rings. The molecule has 0 N–H and O–H groups in total. The quantitative estimate of drug-likeness (QED) is 0.671. The number of rotatable bonds is 3. The number of thiophene rings is 1. The van der Waals surface area contributed by atoms with Gasteiger partial charge in [-0.1, -0.05) is 0 Å². The zero-order valence-corrected chi connectivity index (χ0v) is 16.3. The van der Waals surface area contributed by atoms with E-state index in [0.717, 1.165) is 42.2 Å². The molecule has 1 unspecified atom stereocenters. The zero-order chi connectivity index (χ0) is 18.9. The van der Waals surface area contributed by atoms with E-state index in [1.165, 1.54) is 0 Å². The van der Waals surface area contributed by atoms with E-state index < -0.39 is 0 Å². The maximum Gasteiger partial charge on any atom is 0.227 e. The fourth-order valence-electron chi connectivity index (χ4n) is 3.95. The number of anilines is 1. The van der Waals surface area contributed by atoms with Gasteiger partial charge >= 0.3 is 0 Å². The van der Waals surface area contributed by atoms with Crippen LogP contribution in [-0.2, 0) is 9.53 Å². The normalized spacial score (nSPS) is 20.6. The van der Waals surface area contributed by atoms with Gasteiger partial charge in [-0.15, -0.1) is 15.3 Å². The zero-order valence-electron chi connectivity index (χ0n) is 15.5. The Bertz CT molecular complexity index is 966. The number of nitrogens with zero attached hydrogens (tertiary/aromatic N) is 6. The second kappa shape index (κ2) is 7.48. The molecule has 5 heterocycles. The van der Waals surface area contributed by atoms with Gasteiger partial charge in [-0.3, -0.25) is 4.79 Å². The number of fused-ring (bicyclic) bond motifs is 1. The molecule has 9 heteroatoms. The van der Waals surface area contributed by atoms with E-state index in [4.69, 9.17) is 9.84 Å². The first kappa shape index (κ1) is 17.6. The van der Waals surface area contributed by atoms with E-state index in [0.29, 0.717) is 32.8 Å². The molecule has 8 nitrogen and oxygen atoms in total. The van der Waals surface area contributed by atoms with Crippen LogP contribution in [0.1, 0.15) is 12.8 Å². The van der Waals surface area contributed by atoms with Gasteiger partial charge < -0.3 is 14.5 Å². The molecule has 3 aromatic heterocycles. The highest BCUT2D eigenvalue weighted by Crippen LogP contribution is 2.25. The van der Waals surface area contributed by atoms with Crippen LogP contribution in [0.15, 0.2) is 29.0 Å². The first-order valence-electron chi connectivity index (χ1n) is 9.66. The molecule has 2 aliphatic rings. The number of hydrogen-bond donors (Lipinski definition) is 0. The summed E-state index contributed by atoms with van der Waals surface area (Å²) in [6, 6.07) is 5.94. The first-order chi connectivity index (χ1) is 13.8. The highest BCUT2D eigenvalue weighted by atomic mass is 32.1. The number of piperidine rings is 1. The lowest BCUT2D eigenvalue weighted by molar-refractivity contribution is -0.139. The lowest BCUT2D eigenvalue weighted by Crippen LogP contribution is -2.48. The monoisotopic (exact) mass is 398 g/mol. The summed E-state index contributed by atoms with van der Waals surface area (Å²) in [6.45, 7) is 4.28. The average molecular weight is 398 g/mol. The Balaban J connectivity index is 1.38. The number of carbonyl (C=O) groups is 1. The smallest absolute Gasteiger partial charge is 0.227 e. The Morgan fingerprint density at radius 3 is 2.86 bits per heavy atom. The number of aromatic nitrogens is 4.